The van der Waals surface area contributed by atoms with Crippen molar-refractivity contribution in [2.45, 2.75) is 33.1 Å². The van der Waals surface area contributed by atoms with Crippen LogP contribution in [0.4, 0.5) is 5.69 Å². The summed E-state index contributed by atoms with van der Waals surface area (Å²) in [6, 6.07) is 3.44. The molecule has 0 spiro atoms. The van der Waals surface area contributed by atoms with Crippen molar-refractivity contribution >= 4 is 21.6 Å². The first kappa shape index (κ1) is 15.3. The van der Waals surface area contributed by atoms with Crippen LogP contribution < -0.4 is 5.73 Å². The van der Waals surface area contributed by atoms with E-state index in [1.165, 1.54) is 0 Å². The maximum Gasteiger partial charge on any atom is 0.139 e. The Hall–Kier alpha value is -0.740. The van der Waals surface area contributed by atoms with E-state index in [2.05, 4.69) is 36.7 Å². The van der Waals surface area contributed by atoms with Crippen molar-refractivity contribution in [3.8, 4) is 5.75 Å². The summed E-state index contributed by atoms with van der Waals surface area (Å²) >= 11 is 3.40. The Morgan fingerprint density at radius 3 is 2.12 bits per heavy atom. The molecule has 0 heterocycles. The smallest absolute Gasteiger partial charge is 0.139 e. The van der Waals surface area contributed by atoms with Crippen molar-refractivity contribution in [1.29, 1.82) is 0 Å². The number of aliphatic hydroxyl groups is 1. The lowest BCUT2D eigenvalue weighted by Gasteiger charge is -2.21. The Kier molecular flexibility index (Phi) is 5.83. The van der Waals surface area contributed by atoms with Gasteiger partial charge in [-0.05, 0) is 30.0 Å². The number of phenolic OH excluding ortho intramolecular Hbond substituents is 1. The molecule has 0 saturated heterocycles. The van der Waals surface area contributed by atoms with Crippen LogP contribution >= 0.6 is 15.9 Å². The molecule has 0 fully saturated rings. The zero-order valence-electron chi connectivity index (χ0n) is 10.2. The number of aromatic hydroxyl groups is 1. The van der Waals surface area contributed by atoms with E-state index in [0.29, 0.717) is 5.69 Å². The second-order valence-corrected chi connectivity index (χ2v) is 5.31. The highest BCUT2D eigenvalue weighted by molar-refractivity contribution is 9.10. The number of aliphatic hydroxyl groups excluding tert-OH is 1. The molecule has 4 N–H and O–H groups in total. The lowest BCUT2D eigenvalue weighted by molar-refractivity contribution is 0.318. The van der Waals surface area contributed by atoms with E-state index in [0.717, 1.165) is 10.0 Å². The molecule has 1 aromatic rings. The highest BCUT2D eigenvalue weighted by atomic mass is 79.9. The molecule has 0 radical (unpaired) electrons. The number of anilines is 1. The van der Waals surface area contributed by atoms with Crippen LogP contribution in [-0.4, -0.2) is 16.8 Å². The van der Waals surface area contributed by atoms with Gasteiger partial charge in [-0.3, -0.25) is 0 Å². The average molecular weight is 290 g/mol. The van der Waals surface area contributed by atoms with Crippen LogP contribution in [0.15, 0.2) is 16.6 Å². The van der Waals surface area contributed by atoms with Crippen molar-refractivity contribution in [2.75, 3.05) is 12.3 Å². The minimum atomic E-state index is 0.0284. The van der Waals surface area contributed by atoms with Crippen LogP contribution in [0.3, 0.4) is 0 Å². The van der Waals surface area contributed by atoms with Gasteiger partial charge in [-0.15, -0.1) is 0 Å². The van der Waals surface area contributed by atoms with Crippen LogP contribution in [0.25, 0.3) is 0 Å². The first-order chi connectivity index (χ1) is 7.23. The Morgan fingerprint density at radius 2 is 1.75 bits per heavy atom. The summed E-state index contributed by atoms with van der Waals surface area (Å²) in [5.41, 5.74) is 7.17. The Labute approximate surface area is 105 Å². The van der Waals surface area contributed by atoms with E-state index in [1.54, 1.807) is 19.1 Å². The molecule has 0 saturated carbocycles. The van der Waals surface area contributed by atoms with Gasteiger partial charge in [-0.1, -0.05) is 36.7 Å². The lowest BCUT2D eigenvalue weighted by Crippen LogP contribution is -2.12. The highest BCUT2D eigenvalue weighted by Gasteiger charge is 2.18. The summed E-state index contributed by atoms with van der Waals surface area (Å²) in [5, 5.41) is 16.9. The highest BCUT2D eigenvalue weighted by Crippen LogP contribution is 2.35. The number of phenols is 1. The standard InChI is InChI=1S/C10H14BrNO.C2H6O/c1-10(2,3)6-4-8(12)9(13)5-7(6)11;1-2-3/h4-5,13H,12H2,1-3H3;3H,2H2,1H3. The number of hydrogen-bond acceptors (Lipinski definition) is 3. The molecule has 4 heteroatoms. The van der Waals surface area contributed by atoms with Crippen LogP contribution in [-0.2, 0) is 5.41 Å². The summed E-state index contributed by atoms with van der Waals surface area (Å²) in [7, 11) is 0. The Balaban J connectivity index is 0.000000673. The third-order valence-electron chi connectivity index (χ3n) is 1.92. The summed E-state index contributed by atoms with van der Waals surface area (Å²) < 4.78 is 0.895. The third kappa shape index (κ3) is 4.41. The van der Waals surface area contributed by atoms with Gasteiger partial charge in [0.2, 0.25) is 0 Å². The van der Waals surface area contributed by atoms with Crippen molar-refractivity contribution < 1.29 is 10.2 Å². The fraction of sp³-hybridized carbons (Fsp3) is 0.500. The lowest BCUT2D eigenvalue weighted by atomic mass is 9.87. The molecule has 0 aliphatic rings. The van der Waals surface area contributed by atoms with E-state index in [-0.39, 0.29) is 17.8 Å². The van der Waals surface area contributed by atoms with Gasteiger partial charge in [0.25, 0.3) is 0 Å². The predicted molar refractivity (Wildman–Crippen MR) is 71.7 cm³/mol. The molecule has 1 rings (SSSR count). The number of nitrogens with two attached hydrogens (primary N) is 1. The summed E-state index contributed by atoms with van der Waals surface area (Å²) in [6.45, 7) is 8.23. The van der Waals surface area contributed by atoms with Gasteiger partial charge < -0.3 is 15.9 Å². The van der Waals surface area contributed by atoms with E-state index in [9.17, 15) is 5.11 Å². The molecular formula is C12H20BrNO2. The maximum atomic E-state index is 9.34. The fourth-order valence-corrected chi connectivity index (χ4v) is 2.08. The molecule has 92 valence electrons. The van der Waals surface area contributed by atoms with Gasteiger partial charge >= 0.3 is 0 Å². The number of rotatable bonds is 0. The zero-order valence-corrected chi connectivity index (χ0v) is 11.8. The van der Waals surface area contributed by atoms with Crippen molar-refractivity contribution in [1.82, 2.24) is 0 Å². The third-order valence-corrected chi connectivity index (χ3v) is 2.58. The first-order valence-electron chi connectivity index (χ1n) is 5.13. The quantitative estimate of drug-likeness (QED) is 0.508. The monoisotopic (exact) mass is 289 g/mol. The summed E-state index contributed by atoms with van der Waals surface area (Å²) in [4.78, 5) is 0. The average Bonchev–Trinajstić information content (AvgIpc) is 2.10. The first-order valence-corrected chi connectivity index (χ1v) is 5.92. The Bertz CT molecular complexity index is 346. The molecular weight excluding hydrogens is 270 g/mol. The van der Waals surface area contributed by atoms with E-state index < -0.39 is 0 Å². The second kappa shape index (κ2) is 6.11. The van der Waals surface area contributed by atoms with Gasteiger partial charge in [0.15, 0.2) is 0 Å². The Morgan fingerprint density at radius 1 is 1.31 bits per heavy atom. The van der Waals surface area contributed by atoms with Crippen molar-refractivity contribution in [3.05, 3.63) is 22.2 Å². The van der Waals surface area contributed by atoms with E-state index >= 15 is 0 Å². The molecule has 16 heavy (non-hydrogen) atoms. The summed E-state index contributed by atoms with van der Waals surface area (Å²) in [6.07, 6.45) is 0. The fourth-order valence-electron chi connectivity index (χ4n) is 1.15. The van der Waals surface area contributed by atoms with Crippen LogP contribution in [0.2, 0.25) is 0 Å². The van der Waals surface area contributed by atoms with E-state index in [4.69, 9.17) is 10.8 Å². The molecule has 0 aliphatic heterocycles. The summed E-state index contributed by atoms with van der Waals surface area (Å²) in [5.74, 6) is 0.125. The number of hydrogen-bond donors (Lipinski definition) is 3. The second-order valence-electron chi connectivity index (χ2n) is 4.46. The number of halogens is 1. The molecule has 0 aromatic heterocycles. The minimum Gasteiger partial charge on any atom is -0.506 e. The maximum absolute atomic E-state index is 9.34. The minimum absolute atomic E-state index is 0.0284. The molecule has 3 nitrogen and oxygen atoms in total. The SMILES string of the molecule is CC(C)(C)c1cc(N)c(O)cc1Br.CCO. The zero-order chi connectivity index (χ0) is 12.9. The topological polar surface area (TPSA) is 66.5 Å². The number of nitrogen functional groups attached to an aromatic ring is 1. The van der Waals surface area contributed by atoms with E-state index in [1.807, 2.05) is 0 Å². The van der Waals surface area contributed by atoms with Gasteiger partial charge in [-0.25, -0.2) is 0 Å². The molecule has 0 atom stereocenters. The largest absolute Gasteiger partial charge is 0.506 e. The van der Waals surface area contributed by atoms with Gasteiger partial charge in [0.05, 0.1) is 5.69 Å². The number of benzene rings is 1. The van der Waals surface area contributed by atoms with Crippen LogP contribution in [0.5, 0.6) is 5.75 Å². The van der Waals surface area contributed by atoms with Crippen LogP contribution in [0, 0.1) is 0 Å². The van der Waals surface area contributed by atoms with Gasteiger partial charge in [0.1, 0.15) is 5.75 Å². The molecule has 0 unspecified atom stereocenters. The normalized spacial score (nSPS) is 10.6. The van der Waals surface area contributed by atoms with Crippen molar-refractivity contribution in [3.63, 3.8) is 0 Å². The predicted octanol–water partition coefficient (Wildman–Crippen LogP) is 3.03. The van der Waals surface area contributed by atoms with Crippen molar-refractivity contribution in [2.24, 2.45) is 0 Å². The molecule has 1 aromatic carbocycles. The van der Waals surface area contributed by atoms with Crippen LogP contribution in [0.1, 0.15) is 33.3 Å². The molecule has 0 aliphatic carbocycles. The van der Waals surface area contributed by atoms with Gasteiger partial charge in [0, 0.05) is 11.1 Å². The van der Waals surface area contributed by atoms with Gasteiger partial charge in [-0.2, -0.15) is 0 Å². The molecule has 0 amide bonds. The molecule has 0 bridgehead atoms.